The Labute approximate surface area is 97.4 Å². The van der Waals surface area contributed by atoms with Crippen LogP contribution in [0.5, 0.6) is 5.75 Å². The highest BCUT2D eigenvalue weighted by atomic mass is 35.5. The summed E-state index contributed by atoms with van der Waals surface area (Å²) < 4.78 is 5.13. The van der Waals surface area contributed by atoms with Crippen molar-refractivity contribution in [3.63, 3.8) is 0 Å². The number of halogens is 1. The summed E-state index contributed by atoms with van der Waals surface area (Å²) in [5, 5.41) is 17.8. The number of amides is 1. The van der Waals surface area contributed by atoms with Gasteiger partial charge in [-0.25, -0.2) is 0 Å². The van der Waals surface area contributed by atoms with E-state index in [2.05, 4.69) is 0 Å². The molecule has 88 valence electrons. The van der Waals surface area contributed by atoms with E-state index in [9.17, 15) is 4.79 Å². The number of aliphatic hydroxyl groups is 2. The first-order valence-electron chi connectivity index (χ1n) is 4.55. The quantitative estimate of drug-likeness (QED) is 0.690. The molecule has 1 amide bonds. The molecule has 4 N–H and O–H groups in total. The van der Waals surface area contributed by atoms with Crippen molar-refractivity contribution in [3.05, 3.63) is 28.8 Å². The van der Waals surface area contributed by atoms with E-state index in [1.807, 2.05) is 0 Å². The molecule has 16 heavy (non-hydrogen) atoms. The predicted molar refractivity (Wildman–Crippen MR) is 58.6 cm³/mol. The number of ether oxygens (including phenoxy) is 1. The molecule has 1 aromatic rings. The molecule has 0 aliphatic carbocycles. The van der Waals surface area contributed by atoms with Gasteiger partial charge in [0.05, 0.1) is 17.2 Å². The van der Waals surface area contributed by atoms with Gasteiger partial charge in [-0.15, -0.1) is 0 Å². The number of carbonyl (C=O) groups excluding carboxylic acids is 1. The molecule has 0 saturated heterocycles. The van der Waals surface area contributed by atoms with Crippen LogP contribution in [-0.2, 0) is 0 Å². The van der Waals surface area contributed by atoms with Crippen LogP contribution in [0.15, 0.2) is 18.2 Å². The lowest BCUT2D eigenvalue weighted by Gasteiger charge is -2.10. The van der Waals surface area contributed by atoms with E-state index in [0.717, 1.165) is 0 Å². The lowest BCUT2D eigenvalue weighted by Crippen LogP contribution is -2.21. The molecule has 0 aliphatic heterocycles. The van der Waals surface area contributed by atoms with Crippen LogP contribution in [0, 0.1) is 0 Å². The maximum absolute atomic E-state index is 10.9. The van der Waals surface area contributed by atoms with Crippen LogP contribution in [0.25, 0.3) is 0 Å². The Bertz CT molecular complexity index is 383. The first-order valence-corrected chi connectivity index (χ1v) is 4.93. The normalized spacial score (nSPS) is 12.2. The molecule has 6 heteroatoms. The van der Waals surface area contributed by atoms with Gasteiger partial charge in [0.2, 0.25) is 5.91 Å². The Morgan fingerprint density at radius 1 is 1.56 bits per heavy atom. The van der Waals surface area contributed by atoms with Crippen molar-refractivity contribution >= 4 is 17.5 Å². The van der Waals surface area contributed by atoms with Crippen LogP contribution < -0.4 is 10.5 Å². The molecule has 0 aliphatic rings. The van der Waals surface area contributed by atoms with E-state index < -0.39 is 12.0 Å². The smallest absolute Gasteiger partial charge is 0.250 e. The van der Waals surface area contributed by atoms with Crippen LogP contribution in [0.1, 0.15) is 10.4 Å². The summed E-state index contributed by atoms with van der Waals surface area (Å²) >= 11 is 5.78. The number of carbonyl (C=O) groups is 1. The first-order chi connectivity index (χ1) is 7.54. The van der Waals surface area contributed by atoms with E-state index >= 15 is 0 Å². The molecular weight excluding hydrogens is 234 g/mol. The van der Waals surface area contributed by atoms with Crippen molar-refractivity contribution in [2.45, 2.75) is 6.10 Å². The lowest BCUT2D eigenvalue weighted by atomic mass is 10.2. The number of benzene rings is 1. The van der Waals surface area contributed by atoms with Gasteiger partial charge in [0, 0.05) is 0 Å². The highest BCUT2D eigenvalue weighted by Crippen LogP contribution is 2.22. The zero-order valence-electron chi connectivity index (χ0n) is 8.39. The summed E-state index contributed by atoms with van der Waals surface area (Å²) in [7, 11) is 0. The van der Waals surface area contributed by atoms with Gasteiger partial charge in [0.15, 0.2) is 0 Å². The number of hydrogen-bond donors (Lipinski definition) is 3. The Kier molecular flexibility index (Phi) is 4.54. The van der Waals surface area contributed by atoms with E-state index in [1.54, 1.807) is 0 Å². The number of primary amides is 1. The fourth-order valence-corrected chi connectivity index (χ4v) is 1.29. The Morgan fingerprint density at radius 3 is 2.75 bits per heavy atom. The monoisotopic (exact) mass is 245 g/mol. The van der Waals surface area contributed by atoms with Gasteiger partial charge in [-0.3, -0.25) is 4.79 Å². The molecule has 0 radical (unpaired) electrons. The van der Waals surface area contributed by atoms with Crippen molar-refractivity contribution in [2.24, 2.45) is 5.73 Å². The van der Waals surface area contributed by atoms with Gasteiger partial charge < -0.3 is 20.7 Å². The second kappa shape index (κ2) is 5.69. The average molecular weight is 246 g/mol. The van der Waals surface area contributed by atoms with E-state index in [0.29, 0.717) is 5.75 Å². The third kappa shape index (κ3) is 3.37. The standard InChI is InChI=1S/C10H12ClNO4/c11-9-3-7(16-5-6(14)4-13)1-2-8(9)10(12)15/h1-3,6,13-14H,4-5H2,(H2,12,15). The summed E-state index contributed by atoms with van der Waals surface area (Å²) in [4.78, 5) is 10.9. The number of rotatable bonds is 5. The molecule has 1 aromatic carbocycles. The van der Waals surface area contributed by atoms with Crippen LogP contribution in [0.3, 0.4) is 0 Å². The van der Waals surface area contributed by atoms with Crippen molar-refractivity contribution in [1.29, 1.82) is 0 Å². The minimum atomic E-state index is -0.949. The second-order valence-corrected chi connectivity index (χ2v) is 3.56. The Hall–Kier alpha value is -1.30. The van der Waals surface area contributed by atoms with Gasteiger partial charge in [-0.05, 0) is 18.2 Å². The maximum atomic E-state index is 10.9. The average Bonchev–Trinajstić information content (AvgIpc) is 2.25. The summed E-state index contributed by atoms with van der Waals surface area (Å²) in [5.74, 6) is -0.227. The second-order valence-electron chi connectivity index (χ2n) is 3.15. The minimum absolute atomic E-state index is 0.0528. The lowest BCUT2D eigenvalue weighted by molar-refractivity contribution is 0.0536. The van der Waals surface area contributed by atoms with Gasteiger partial charge >= 0.3 is 0 Å². The van der Waals surface area contributed by atoms with Crippen molar-refractivity contribution in [2.75, 3.05) is 13.2 Å². The van der Waals surface area contributed by atoms with E-state index in [1.165, 1.54) is 18.2 Å². The minimum Gasteiger partial charge on any atom is -0.491 e. The van der Waals surface area contributed by atoms with Gasteiger partial charge in [0.25, 0.3) is 0 Å². The third-order valence-corrected chi connectivity index (χ3v) is 2.17. The molecule has 1 rings (SSSR count). The van der Waals surface area contributed by atoms with E-state index in [-0.39, 0.29) is 23.8 Å². The zero-order chi connectivity index (χ0) is 12.1. The third-order valence-electron chi connectivity index (χ3n) is 1.86. The van der Waals surface area contributed by atoms with Gasteiger partial charge in [0.1, 0.15) is 18.5 Å². The number of nitrogens with two attached hydrogens (primary N) is 1. The highest BCUT2D eigenvalue weighted by Gasteiger charge is 2.08. The molecule has 5 nitrogen and oxygen atoms in total. The number of hydrogen-bond acceptors (Lipinski definition) is 4. The summed E-state index contributed by atoms with van der Waals surface area (Å²) in [6.45, 7) is -0.435. The summed E-state index contributed by atoms with van der Waals surface area (Å²) in [6, 6.07) is 4.37. The highest BCUT2D eigenvalue weighted by molar-refractivity contribution is 6.33. The van der Waals surface area contributed by atoms with Crippen molar-refractivity contribution in [1.82, 2.24) is 0 Å². The molecule has 0 fully saturated rings. The first kappa shape index (κ1) is 12.8. The Morgan fingerprint density at radius 2 is 2.25 bits per heavy atom. The summed E-state index contributed by atoms with van der Waals surface area (Å²) in [6.07, 6.45) is -0.949. The van der Waals surface area contributed by atoms with Gasteiger partial charge in [-0.1, -0.05) is 11.6 Å². The zero-order valence-corrected chi connectivity index (χ0v) is 9.15. The number of aliphatic hydroxyl groups excluding tert-OH is 2. The SMILES string of the molecule is NC(=O)c1ccc(OCC(O)CO)cc1Cl. The molecule has 0 saturated carbocycles. The van der Waals surface area contributed by atoms with Crippen LogP contribution in [0.2, 0.25) is 5.02 Å². The summed E-state index contributed by atoms with van der Waals surface area (Å²) in [5.41, 5.74) is 5.28. The van der Waals surface area contributed by atoms with Crippen LogP contribution in [-0.4, -0.2) is 35.4 Å². The van der Waals surface area contributed by atoms with E-state index in [4.69, 9.17) is 32.3 Å². The largest absolute Gasteiger partial charge is 0.491 e. The Balaban J connectivity index is 2.70. The van der Waals surface area contributed by atoms with Crippen molar-refractivity contribution < 1.29 is 19.7 Å². The molecule has 0 spiro atoms. The molecule has 0 bridgehead atoms. The van der Waals surface area contributed by atoms with Crippen LogP contribution in [0.4, 0.5) is 0 Å². The van der Waals surface area contributed by atoms with Gasteiger partial charge in [-0.2, -0.15) is 0 Å². The van der Waals surface area contributed by atoms with Crippen molar-refractivity contribution in [3.8, 4) is 5.75 Å². The molecular formula is C10H12ClNO4. The molecule has 1 unspecified atom stereocenters. The van der Waals surface area contributed by atoms with Crippen LogP contribution >= 0.6 is 11.6 Å². The maximum Gasteiger partial charge on any atom is 0.250 e. The molecule has 1 atom stereocenters. The fraction of sp³-hybridized carbons (Fsp3) is 0.300. The molecule has 0 heterocycles. The fourth-order valence-electron chi connectivity index (χ4n) is 1.03. The molecule has 0 aromatic heterocycles. The topological polar surface area (TPSA) is 92.8 Å². The predicted octanol–water partition coefficient (Wildman–Crippen LogP) is 0.171.